The van der Waals surface area contributed by atoms with Crippen LogP contribution in [-0.2, 0) is 0 Å². The molecule has 70 valence electrons. The van der Waals surface area contributed by atoms with Gasteiger partial charge < -0.3 is 0 Å². The second-order valence-corrected chi connectivity index (χ2v) is 4.28. The van der Waals surface area contributed by atoms with Gasteiger partial charge in [-0.15, -0.1) is 0 Å². The lowest BCUT2D eigenvalue weighted by atomic mass is 9.86. The van der Waals surface area contributed by atoms with Crippen molar-refractivity contribution >= 4 is 0 Å². The zero-order valence-electron chi connectivity index (χ0n) is 7.69. The van der Waals surface area contributed by atoms with Crippen molar-refractivity contribution in [3.8, 4) is 0 Å². The molecule has 0 N–H and O–H groups in total. The van der Waals surface area contributed by atoms with Crippen LogP contribution in [0.5, 0.6) is 0 Å². The highest BCUT2D eigenvalue weighted by Crippen LogP contribution is 2.69. The van der Waals surface area contributed by atoms with Gasteiger partial charge in [0.25, 0.3) is 5.92 Å². The summed E-state index contributed by atoms with van der Waals surface area (Å²) in [7, 11) is 0. The Morgan fingerprint density at radius 1 is 1.25 bits per heavy atom. The van der Waals surface area contributed by atoms with Crippen molar-refractivity contribution in [3.05, 3.63) is 0 Å². The van der Waals surface area contributed by atoms with Crippen molar-refractivity contribution in [2.24, 2.45) is 23.7 Å². The average Bonchev–Trinajstić information content (AvgIpc) is 2.50. The first-order valence-electron chi connectivity index (χ1n) is 5.00. The standard InChI is InChI=1S/C10H16F2/c1-3-6-5-8-9(7(6)4-2)10(8,11)12/h6-9H,3-5H2,1-2H3. The van der Waals surface area contributed by atoms with Crippen LogP contribution < -0.4 is 0 Å². The predicted octanol–water partition coefficient (Wildman–Crippen LogP) is 3.32. The Morgan fingerprint density at radius 3 is 2.42 bits per heavy atom. The van der Waals surface area contributed by atoms with Gasteiger partial charge in [-0.1, -0.05) is 26.7 Å². The fourth-order valence-electron chi connectivity index (χ4n) is 3.15. The van der Waals surface area contributed by atoms with E-state index in [4.69, 9.17) is 0 Å². The fraction of sp³-hybridized carbons (Fsp3) is 1.00. The van der Waals surface area contributed by atoms with Gasteiger partial charge in [0.1, 0.15) is 0 Å². The molecule has 0 nitrogen and oxygen atoms in total. The quantitative estimate of drug-likeness (QED) is 0.602. The van der Waals surface area contributed by atoms with Gasteiger partial charge in [0.2, 0.25) is 0 Å². The summed E-state index contributed by atoms with van der Waals surface area (Å²) in [5.41, 5.74) is 0. The summed E-state index contributed by atoms with van der Waals surface area (Å²) in [6.07, 6.45) is 2.81. The molecule has 2 heteroatoms. The fourth-order valence-corrected chi connectivity index (χ4v) is 3.15. The molecule has 0 aromatic heterocycles. The van der Waals surface area contributed by atoms with Crippen molar-refractivity contribution < 1.29 is 8.78 Å². The van der Waals surface area contributed by atoms with Crippen LogP contribution in [-0.4, -0.2) is 5.92 Å². The van der Waals surface area contributed by atoms with Gasteiger partial charge in [-0.05, 0) is 18.3 Å². The molecule has 0 heterocycles. The minimum Gasteiger partial charge on any atom is -0.206 e. The molecule has 0 amide bonds. The Morgan fingerprint density at radius 2 is 1.92 bits per heavy atom. The van der Waals surface area contributed by atoms with E-state index in [0.717, 1.165) is 19.3 Å². The van der Waals surface area contributed by atoms with Crippen LogP contribution in [0.1, 0.15) is 33.1 Å². The molecule has 4 unspecified atom stereocenters. The van der Waals surface area contributed by atoms with Crippen molar-refractivity contribution in [1.29, 1.82) is 0 Å². The van der Waals surface area contributed by atoms with Gasteiger partial charge in [0.05, 0.1) is 0 Å². The van der Waals surface area contributed by atoms with Gasteiger partial charge in [-0.25, -0.2) is 8.78 Å². The smallest absolute Gasteiger partial charge is 0.206 e. The average molecular weight is 174 g/mol. The van der Waals surface area contributed by atoms with Crippen molar-refractivity contribution in [2.75, 3.05) is 0 Å². The number of hydrogen-bond acceptors (Lipinski definition) is 0. The van der Waals surface area contributed by atoms with Gasteiger partial charge in [-0.3, -0.25) is 0 Å². The molecule has 2 rings (SSSR count). The van der Waals surface area contributed by atoms with Crippen LogP contribution in [0.4, 0.5) is 8.78 Å². The molecule has 2 aliphatic rings. The first-order valence-corrected chi connectivity index (χ1v) is 5.00. The van der Waals surface area contributed by atoms with Gasteiger partial charge in [-0.2, -0.15) is 0 Å². The first kappa shape index (κ1) is 8.46. The lowest BCUT2D eigenvalue weighted by Crippen LogP contribution is -2.17. The van der Waals surface area contributed by atoms with Gasteiger partial charge in [0, 0.05) is 11.8 Å². The topological polar surface area (TPSA) is 0 Å². The Balaban J connectivity index is 2.07. The van der Waals surface area contributed by atoms with E-state index < -0.39 is 5.92 Å². The lowest BCUT2D eigenvalue weighted by molar-refractivity contribution is 0.0437. The highest BCUT2D eigenvalue weighted by molar-refractivity contribution is 5.14. The predicted molar refractivity (Wildman–Crippen MR) is 44.1 cm³/mol. The molecule has 2 fully saturated rings. The van der Waals surface area contributed by atoms with E-state index in [2.05, 4.69) is 6.92 Å². The van der Waals surface area contributed by atoms with Crippen LogP contribution >= 0.6 is 0 Å². The Kier molecular flexibility index (Phi) is 1.71. The van der Waals surface area contributed by atoms with E-state index in [-0.39, 0.29) is 11.8 Å². The van der Waals surface area contributed by atoms with E-state index in [9.17, 15) is 8.78 Å². The van der Waals surface area contributed by atoms with E-state index in [1.165, 1.54) is 0 Å². The minimum atomic E-state index is -2.29. The van der Waals surface area contributed by atoms with Crippen LogP contribution in [0.2, 0.25) is 0 Å². The molecule has 4 atom stereocenters. The van der Waals surface area contributed by atoms with E-state index >= 15 is 0 Å². The van der Waals surface area contributed by atoms with Gasteiger partial charge in [0.15, 0.2) is 0 Å². The number of alkyl halides is 2. The number of fused-ring (bicyclic) bond motifs is 1. The summed E-state index contributed by atoms with van der Waals surface area (Å²) in [6.45, 7) is 4.17. The summed E-state index contributed by atoms with van der Waals surface area (Å²) < 4.78 is 26.0. The number of halogens is 2. The molecule has 12 heavy (non-hydrogen) atoms. The Bertz CT molecular complexity index is 188. The summed E-state index contributed by atoms with van der Waals surface area (Å²) in [5.74, 6) is -1.87. The second-order valence-electron chi connectivity index (χ2n) is 4.28. The molecule has 0 radical (unpaired) electrons. The second kappa shape index (κ2) is 2.43. The molecule has 0 bridgehead atoms. The van der Waals surface area contributed by atoms with E-state index in [1.54, 1.807) is 0 Å². The molecule has 2 aliphatic carbocycles. The summed E-state index contributed by atoms with van der Waals surface area (Å²) >= 11 is 0. The Labute approximate surface area is 72.3 Å². The third-order valence-corrected chi connectivity index (χ3v) is 3.88. The third-order valence-electron chi connectivity index (χ3n) is 3.88. The lowest BCUT2D eigenvalue weighted by Gasteiger charge is -2.21. The highest BCUT2D eigenvalue weighted by Gasteiger charge is 2.74. The van der Waals surface area contributed by atoms with Crippen molar-refractivity contribution in [3.63, 3.8) is 0 Å². The maximum Gasteiger partial charge on any atom is 0.254 e. The molecule has 2 saturated carbocycles. The summed E-state index contributed by atoms with van der Waals surface area (Å²) in [5, 5.41) is 0. The van der Waals surface area contributed by atoms with Crippen LogP contribution in [0.25, 0.3) is 0 Å². The molecule has 0 aliphatic heterocycles. The highest BCUT2D eigenvalue weighted by atomic mass is 19.3. The van der Waals surface area contributed by atoms with Crippen LogP contribution in [0, 0.1) is 23.7 Å². The van der Waals surface area contributed by atoms with Crippen LogP contribution in [0.3, 0.4) is 0 Å². The van der Waals surface area contributed by atoms with Crippen LogP contribution in [0.15, 0.2) is 0 Å². The van der Waals surface area contributed by atoms with E-state index in [1.807, 2.05) is 6.92 Å². The normalized spacial score (nSPS) is 49.0. The summed E-state index contributed by atoms with van der Waals surface area (Å²) in [6, 6.07) is 0. The maximum atomic E-state index is 13.0. The molecule has 0 aromatic carbocycles. The molecule has 0 spiro atoms. The third kappa shape index (κ3) is 0.868. The zero-order chi connectivity index (χ0) is 8.93. The number of rotatable bonds is 2. The number of hydrogen-bond donors (Lipinski definition) is 0. The van der Waals surface area contributed by atoms with Crippen molar-refractivity contribution in [2.45, 2.75) is 39.0 Å². The summed E-state index contributed by atoms with van der Waals surface area (Å²) in [4.78, 5) is 0. The molecular formula is C10H16F2. The van der Waals surface area contributed by atoms with E-state index in [0.29, 0.717) is 11.8 Å². The zero-order valence-corrected chi connectivity index (χ0v) is 7.69. The largest absolute Gasteiger partial charge is 0.254 e. The molecular weight excluding hydrogens is 158 g/mol. The SMILES string of the molecule is CCC1CC2C(C1CC)C2(F)F. The van der Waals surface area contributed by atoms with Gasteiger partial charge >= 0.3 is 0 Å². The minimum absolute atomic E-state index is 0.243. The first-order chi connectivity index (χ1) is 5.62. The van der Waals surface area contributed by atoms with Crippen molar-refractivity contribution in [1.82, 2.24) is 0 Å². The monoisotopic (exact) mass is 174 g/mol. The molecule has 0 aromatic rings. The Hall–Kier alpha value is -0.140. The molecule has 0 saturated heterocycles. The maximum absolute atomic E-state index is 13.0.